The third-order valence-electron chi connectivity index (χ3n) is 2.50. The monoisotopic (exact) mass is 265 g/mol. The van der Waals surface area contributed by atoms with Gasteiger partial charge in [-0.1, -0.05) is 0 Å². The highest BCUT2D eigenvalue weighted by Gasteiger charge is 2.40. The van der Waals surface area contributed by atoms with E-state index < -0.39 is 8.80 Å². The summed E-state index contributed by atoms with van der Waals surface area (Å²) in [6.07, 6.45) is 1.07. The molecule has 1 aliphatic rings. The first-order chi connectivity index (χ1) is 7.68. The summed E-state index contributed by atoms with van der Waals surface area (Å²) in [6.45, 7) is 2.57. The standard InChI is InChI=1S/C10H23NO3SSi/c1-11(2)5-4-10-16(12-3)13-6-8-15-9-7-14-16/h4-10H2,1-3H3. The molecule has 16 heavy (non-hydrogen) atoms. The van der Waals surface area contributed by atoms with Crippen LogP contribution in [0.3, 0.4) is 0 Å². The Kier molecular flexibility index (Phi) is 6.94. The molecule has 1 rings (SSSR count). The maximum Gasteiger partial charge on any atom is 0.500 e. The van der Waals surface area contributed by atoms with Gasteiger partial charge >= 0.3 is 8.80 Å². The van der Waals surface area contributed by atoms with Gasteiger partial charge in [-0.25, -0.2) is 0 Å². The van der Waals surface area contributed by atoms with Crippen LogP contribution in [0.25, 0.3) is 0 Å². The van der Waals surface area contributed by atoms with E-state index >= 15 is 0 Å². The van der Waals surface area contributed by atoms with Gasteiger partial charge in [0.25, 0.3) is 0 Å². The molecule has 0 spiro atoms. The molecule has 1 heterocycles. The van der Waals surface area contributed by atoms with Gasteiger partial charge in [0.1, 0.15) is 0 Å². The largest absolute Gasteiger partial charge is 0.500 e. The Bertz CT molecular complexity index is 187. The molecular weight excluding hydrogens is 242 g/mol. The lowest BCUT2D eigenvalue weighted by atomic mass is 10.5. The van der Waals surface area contributed by atoms with E-state index in [2.05, 4.69) is 19.0 Å². The molecule has 0 atom stereocenters. The lowest BCUT2D eigenvalue weighted by molar-refractivity contribution is 0.0852. The van der Waals surface area contributed by atoms with Crippen molar-refractivity contribution >= 4 is 20.6 Å². The van der Waals surface area contributed by atoms with Gasteiger partial charge in [-0.05, 0) is 27.1 Å². The number of rotatable bonds is 5. The molecule has 96 valence electrons. The topological polar surface area (TPSA) is 30.9 Å². The van der Waals surface area contributed by atoms with Gasteiger partial charge in [0.05, 0.1) is 0 Å². The molecule has 0 aromatic rings. The summed E-state index contributed by atoms with van der Waals surface area (Å²) in [5.41, 5.74) is 0. The average Bonchev–Trinajstić information content (AvgIpc) is 2.21. The van der Waals surface area contributed by atoms with Crippen molar-refractivity contribution in [3.8, 4) is 0 Å². The summed E-state index contributed by atoms with van der Waals surface area (Å²) in [5, 5.41) is 0. The molecule has 6 heteroatoms. The van der Waals surface area contributed by atoms with Crippen LogP contribution in [0.4, 0.5) is 0 Å². The Morgan fingerprint density at radius 3 is 2.38 bits per heavy atom. The first-order valence-corrected chi connectivity index (χ1v) is 8.83. The molecule has 4 nitrogen and oxygen atoms in total. The summed E-state index contributed by atoms with van der Waals surface area (Å²) in [7, 11) is 3.53. The van der Waals surface area contributed by atoms with Crippen molar-refractivity contribution in [3.63, 3.8) is 0 Å². The molecule has 1 saturated heterocycles. The first kappa shape index (κ1) is 14.5. The molecule has 0 saturated carbocycles. The summed E-state index contributed by atoms with van der Waals surface area (Å²) < 4.78 is 17.3. The number of hydrogen-bond donors (Lipinski definition) is 0. The zero-order valence-electron chi connectivity index (χ0n) is 10.5. The van der Waals surface area contributed by atoms with Crippen LogP contribution in [-0.2, 0) is 13.3 Å². The highest BCUT2D eigenvalue weighted by Crippen LogP contribution is 2.20. The molecule has 0 aromatic heterocycles. The van der Waals surface area contributed by atoms with Crippen LogP contribution in [0.5, 0.6) is 0 Å². The van der Waals surface area contributed by atoms with Crippen LogP contribution in [0, 0.1) is 0 Å². The normalized spacial score (nSPS) is 21.8. The van der Waals surface area contributed by atoms with E-state index in [1.54, 1.807) is 7.11 Å². The van der Waals surface area contributed by atoms with E-state index in [1.807, 2.05) is 11.8 Å². The van der Waals surface area contributed by atoms with Crippen LogP contribution in [0.1, 0.15) is 6.42 Å². The highest BCUT2D eigenvalue weighted by molar-refractivity contribution is 7.99. The third-order valence-corrected chi connectivity index (χ3v) is 6.29. The zero-order valence-corrected chi connectivity index (χ0v) is 12.3. The molecule has 1 aliphatic heterocycles. The third kappa shape index (κ3) is 5.16. The van der Waals surface area contributed by atoms with E-state index in [1.165, 1.54) is 0 Å². The van der Waals surface area contributed by atoms with Crippen molar-refractivity contribution < 1.29 is 13.3 Å². The number of nitrogens with zero attached hydrogens (tertiary/aromatic N) is 1. The molecule has 0 bridgehead atoms. The van der Waals surface area contributed by atoms with E-state index in [0.717, 1.165) is 43.7 Å². The molecule has 1 fully saturated rings. The van der Waals surface area contributed by atoms with Crippen molar-refractivity contribution in [3.05, 3.63) is 0 Å². The van der Waals surface area contributed by atoms with E-state index in [4.69, 9.17) is 13.3 Å². The van der Waals surface area contributed by atoms with Gasteiger partial charge < -0.3 is 18.2 Å². The average molecular weight is 265 g/mol. The van der Waals surface area contributed by atoms with Gasteiger partial charge in [-0.2, -0.15) is 11.8 Å². The van der Waals surface area contributed by atoms with E-state index in [0.29, 0.717) is 0 Å². The summed E-state index contributed by atoms with van der Waals surface area (Å²) >= 11 is 1.88. The summed E-state index contributed by atoms with van der Waals surface area (Å²) in [6, 6.07) is 0.923. The zero-order chi connectivity index (χ0) is 11.9. The van der Waals surface area contributed by atoms with Crippen LogP contribution < -0.4 is 0 Å². The number of thioether (sulfide) groups is 1. The van der Waals surface area contributed by atoms with Crippen LogP contribution in [0.2, 0.25) is 6.04 Å². The Balaban J connectivity index is 2.39. The minimum absolute atomic E-state index is 0.757. The maximum absolute atomic E-state index is 5.86. The van der Waals surface area contributed by atoms with Crippen molar-refractivity contribution in [2.75, 3.05) is 52.5 Å². The van der Waals surface area contributed by atoms with Crippen LogP contribution in [-0.4, -0.2) is 66.2 Å². The van der Waals surface area contributed by atoms with Gasteiger partial charge in [0.2, 0.25) is 0 Å². The summed E-state index contributed by atoms with van der Waals surface area (Å²) in [4.78, 5) is 2.18. The van der Waals surface area contributed by atoms with Crippen molar-refractivity contribution in [2.24, 2.45) is 0 Å². The lowest BCUT2D eigenvalue weighted by Crippen LogP contribution is -2.47. The van der Waals surface area contributed by atoms with E-state index in [9.17, 15) is 0 Å². The Morgan fingerprint density at radius 2 is 1.88 bits per heavy atom. The van der Waals surface area contributed by atoms with Crippen molar-refractivity contribution in [1.82, 2.24) is 4.90 Å². The Morgan fingerprint density at radius 1 is 1.25 bits per heavy atom. The van der Waals surface area contributed by atoms with Crippen molar-refractivity contribution in [2.45, 2.75) is 12.5 Å². The first-order valence-electron chi connectivity index (χ1n) is 5.74. The smallest absolute Gasteiger partial charge is 0.377 e. The lowest BCUT2D eigenvalue weighted by Gasteiger charge is -2.30. The molecule has 0 unspecified atom stereocenters. The quantitative estimate of drug-likeness (QED) is 0.700. The second-order valence-corrected chi connectivity index (χ2v) is 8.18. The minimum atomic E-state index is -2.35. The Hall–Kier alpha value is 0.407. The van der Waals surface area contributed by atoms with Crippen LogP contribution in [0.15, 0.2) is 0 Å². The maximum atomic E-state index is 5.86. The molecule has 0 N–H and O–H groups in total. The van der Waals surface area contributed by atoms with Gasteiger partial charge in [0.15, 0.2) is 0 Å². The van der Waals surface area contributed by atoms with Gasteiger partial charge in [-0.15, -0.1) is 0 Å². The molecule has 0 aliphatic carbocycles. The molecular formula is C10H23NO3SSi. The van der Waals surface area contributed by atoms with Gasteiger partial charge in [-0.3, -0.25) is 0 Å². The van der Waals surface area contributed by atoms with Gasteiger partial charge in [0, 0.05) is 37.9 Å². The van der Waals surface area contributed by atoms with Crippen LogP contribution >= 0.6 is 11.8 Å². The Labute approximate surface area is 104 Å². The fraction of sp³-hybridized carbons (Fsp3) is 1.00. The number of hydrogen-bond acceptors (Lipinski definition) is 5. The van der Waals surface area contributed by atoms with Crippen molar-refractivity contribution in [1.29, 1.82) is 0 Å². The second kappa shape index (κ2) is 7.68. The predicted octanol–water partition coefficient (Wildman–Crippen LogP) is 1.30. The SMILES string of the molecule is CO[Si]1(CCCN(C)C)OCCSCCO1. The molecule has 0 aromatic carbocycles. The summed E-state index contributed by atoms with van der Waals surface area (Å²) in [5.74, 6) is 2.10. The second-order valence-electron chi connectivity index (χ2n) is 4.10. The molecule has 0 amide bonds. The fourth-order valence-electron chi connectivity index (χ4n) is 1.63. The predicted molar refractivity (Wildman–Crippen MR) is 70.0 cm³/mol. The highest BCUT2D eigenvalue weighted by atomic mass is 32.2. The molecule has 0 radical (unpaired) electrons. The minimum Gasteiger partial charge on any atom is -0.377 e. The van der Waals surface area contributed by atoms with E-state index in [-0.39, 0.29) is 0 Å². The fourth-order valence-corrected chi connectivity index (χ4v) is 4.76.